The Labute approximate surface area is 90.2 Å². The van der Waals surface area contributed by atoms with Crippen LogP contribution in [0.4, 0.5) is 0 Å². The van der Waals surface area contributed by atoms with Crippen LogP contribution in [0, 0.1) is 11.8 Å². The normalized spacial score (nSPS) is 26.3. The predicted octanol–water partition coefficient (Wildman–Crippen LogP) is 2.41. The molecule has 15 heavy (non-hydrogen) atoms. The average molecular weight is 210 g/mol. The second-order valence-corrected chi connectivity index (χ2v) is 4.08. The Bertz CT molecular complexity index is 268. The highest BCUT2D eigenvalue weighted by molar-refractivity contribution is 5.84. The standard InChI is InChI=1S/C12H18O3/c1-2-3-4-5-10-9(8-12(14)15)6-7-11(10)13/h3-4,9-10H,2,5-8H2,1H3,(H,14,15)/t9-,10?/m1/s1. The van der Waals surface area contributed by atoms with E-state index in [-0.39, 0.29) is 24.0 Å². The number of hydrogen-bond donors (Lipinski definition) is 1. The van der Waals surface area contributed by atoms with Gasteiger partial charge in [-0.15, -0.1) is 0 Å². The van der Waals surface area contributed by atoms with Crippen LogP contribution in [-0.4, -0.2) is 16.9 Å². The van der Waals surface area contributed by atoms with Crippen molar-refractivity contribution in [3.05, 3.63) is 12.2 Å². The number of carboxylic acids is 1. The average Bonchev–Trinajstić information content (AvgIpc) is 2.49. The van der Waals surface area contributed by atoms with Gasteiger partial charge in [-0.05, 0) is 25.2 Å². The van der Waals surface area contributed by atoms with E-state index in [0.717, 1.165) is 12.8 Å². The van der Waals surface area contributed by atoms with E-state index >= 15 is 0 Å². The van der Waals surface area contributed by atoms with Crippen molar-refractivity contribution in [2.24, 2.45) is 11.8 Å². The van der Waals surface area contributed by atoms with Crippen molar-refractivity contribution < 1.29 is 14.7 Å². The first-order valence-corrected chi connectivity index (χ1v) is 5.54. The fourth-order valence-corrected chi connectivity index (χ4v) is 2.18. The Kier molecular flexibility index (Phi) is 4.53. The van der Waals surface area contributed by atoms with Gasteiger partial charge in [0.05, 0.1) is 0 Å². The topological polar surface area (TPSA) is 54.4 Å². The Morgan fingerprint density at radius 1 is 1.53 bits per heavy atom. The zero-order chi connectivity index (χ0) is 11.3. The number of carbonyl (C=O) groups excluding carboxylic acids is 1. The number of carboxylic acid groups (broad SMARTS) is 1. The van der Waals surface area contributed by atoms with Crippen LogP contribution >= 0.6 is 0 Å². The number of carbonyl (C=O) groups is 2. The molecule has 3 nitrogen and oxygen atoms in total. The van der Waals surface area contributed by atoms with Gasteiger partial charge in [-0.2, -0.15) is 0 Å². The summed E-state index contributed by atoms with van der Waals surface area (Å²) >= 11 is 0. The molecular formula is C12H18O3. The molecule has 1 unspecified atom stereocenters. The molecule has 1 rings (SSSR count). The molecule has 0 heterocycles. The lowest BCUT2D eigenvalue weighted by molar-refractivity contribution is -0.138. The summed E-state index contributed by atoms with van der Waals surface area (Å²) in [6.45, 7) is 2.04. The van der Waals surface area contributed by atoms with Gasteiger partial charge in [0.15, 0.2) is 0 Å². The van der Waals surface area contributed by atoms with Crippen LogP contribution in [0.3, 0.4) is 0 Å². The summed E-state index contributed by atoms with van der Waals surface area (Å²) in [5, 5.41) is 8.72. The molecule has 0 aromatic heterocycles. The fourth-order valence-electron chi connectivity index (χ4n) is 2.18. The zero-order valence-corrected chi connectivity index (χ0v) is 9.11. The quantitative estimate of drug-likeness (QED) is 0.709. The monoisotopic (exact) mass is 210 g/mol. The molecule has 0 saturated heterocycles. The van der Waals surface area contributed by atoms with Gasteiger partial charge in [0, 0.05) is 18.8 Å². The summed E-state index contributed by atoms with van der Waals surface area (Å²) in [6, 6.07) is 0. The van der Waals surface area contributed by atoms with Crippen molar-refractivity contribution in [2.75, 3.05) is 0 Å². The van der Waals surface area contributed by atoms with Crippen LogP contribution in [0.2, 0.25) is 0 Å². The third-order valence-electron chi connectivity index (χ3n) is 2.97. The molecule has 3 heteroatoms. The maximum Gasteiger partial charge on any atom is 0.303 e. The van der Waals surface area contributed by atoms with Gasteiger partial charge >= 0.3 is 5.97 Å². The van der Waals surface area contributed by atoms with Gasteiger partial charge in [-0.25, -0.2) is 0 Å². The number of hydrogen-bond acceptors (Lipinski definition) is 2. The summed E-state index contributed by atoms with van der Waals surface area (Å²) in [4.78, 5) is 22.1. The highest BCUT2D eigenvalue weighted by Crippen LogP contribution is 2.33. The Morgan fingerprint density at radius 2 is 2.27 bits per heavy atom. The van der Waals surface area contributed by atoms with Gasteiger partial charge in [-0.3, -0.25) is 9.59 Å². The van der Waals surface area contributed by atoms with E-state index in [0.29, 0.717) is 12.8 Å². The Hall–Kier alpha value is -1.12. The van der Waals surface area contributed by atoms with Crippen molar-refractivity contribution in [3.63, 3.8) is 0 Å². The minimum absolute atomic E-state index is 0.0519. The molecule has 0 aliphatic heterocycles. The van der Waals surface area contributed by atoms with Crippen molar-refractivity contribution >= 4 is 11.8 Å². The van der Waals surface area contributed by atoms with E-state index in [2.05, 4.69) is 0 Å². The minimum atomic E-state index is -0.792. The smallest absolute Gasteiger partial charge is 0.303 e. The molecular weight excluding hydrogens is 192 g/mol. The van der Waals surface area contributed by atoms with E-state index < -0.39 is 5.97 Å². The van der Waals surface area contributed by atoms with Gasteiger partial charge in [-0.1, -0.05) is 19.1 Å². The summed E-state index contributed by atoms with van der Waals surface area (Å²) in [6.07, 6.45) is 7.15. The SMILES string of the molecule is CCC=CCC1C(=O)CC[C@@H]1CC(=O)O. The highest BCUT2D eigenvalue weighted by atomic mass is 16.4. The lowest BCUT2D eigenvalue weighted by atomic mass is 9.89. The lowest BCUT2D eigenvalue weighted by Crippen LogP contribution is -2.17. The van der Waals surface area contributed by atoms with E-state index in [4.69, 9.17) is 5.11 Å². The molecule has 0 spiro atoms. The van der Waals surface area contributed by atoms with Gasteiger partial charge in [0.1, 0.15) is 5.78 Å². The summed E-state index contributed by atoms with van der Waals surface area (Å²) in [5.41, 5.74) is 0. The second kappa shape index (κ2) is 5.69. The molecule has 0 aromatic rings. The lowest BCUT2D eigenvalue weighted by Gasteiger charge is -2.14. The highest BCUT2D eigenvalue weighted by Gasteiger charge is 2.34. The van der Waals surface area contributed by atoms with Crippen LogP contribution in [0.5, 0.6) is 0 Å². The Morgan fingerprint density at radius 3 is 2.87 bits per heavy atom. The first kappa shape index (κ1) is 12.0. The van der Waals surface area contributed by atoms with E-state index in [1.54, 1.807) is 0 Å². The minimum Gasteiger partial charge on any atom is -0.481 e. The van der Waals surface area contributed by atoms with Crippen LogP contribution < -0.4 is 0 Å². The molecule has 84 valence electrons. The molecule has 0 radical (unpaired) electrons. The van der Waals surface area contributed by atoms with Crippen molar-refractivity contribution in [1.29, 1.82) is 0 Å². The largest absolute Gasteiger partial charge is 0.481 e. The van der Waals surface area contributed by atoms with Crippen LogP contribution in [-0.2, 0) is 9.59 Å². The number of aliphatic carboxylic acids is 1. The van der Waals surface area contributed by atoms with Gasteiger partial charge in [0.2, 0.25) is 0 Å². The number of Topliss-reactive ketones (excluding diaryl/α,β-unsaturated/α-hetero) is 1. The van der Waals surface area contributed by atoms with E-state index in [1.165, 1.54) is 0 Å². The van der Waals surface area contributed by atoms with Gasteiger partial charge in [0.25, 0.3) is 0 Å². The van der Waals surface area contributed by atoms with E-state index in [1.807, 2.05) is 19.1 Å². The molecule has 1 aliphatic rings. The number of allylic oxidation sites excluding steroid dienone is 2. The third kappa shape index (κ3) is 3.50. The van der Waals surface area contributed by atoms with Crippen LogP contribution in [0.1, 0.15) is 39.0 Å². The first-order valence-electron chi connectivity index (χ1n) is 5.54. The number of ketones is 1. The van der Waals surface area contributed by atoms with E-state index in [9.17, 15) is 9.59 Å². The molecule has 2 atom stereocenters. The molecule has 1 N–H and O–H groups in total. The summed E-state index contributed by atoms with van der Waals surface area (Å²) in [5.74, 6) is -0.554. The molecule has 0 bridgehead atoms. The second-order valence-electron chi connectivity index (χ2n) is 4.08. The summed E-state index contributed by atoms with van der Waals surface area (Å²) in [7, 11) is 0. The first-order chi connectivity index (χ1) is 7.15. The van der Waals surface area contributed by atoms with Crippen LogP contribution in [0.15, 0.2) is 12.2 Å². The molecule has 1 aliphatic carbocycles. The fraction of sp³-hybridized carbons (Fsp3) is 0.667. The molecule has 1 fully saturated rings. The molecule has 0 amide bonds. The molecule has 1 saturated carbocycles. The third-order valence-corrected chi connectivity index (χ3v) is 2.97. The predicted molar refractivity (Wildman–Crippen MR) is 57.5 cm³/mol. The Balaban J connectivity index is 2.52. The van der Waals surface area contributed by atoms with Crippen molar-refractivity contribution in [2.45, 2.75) is 39.0 Å². The molecule has 0 aromatic carbocycles. The van der Waals surface area contributed by atoms with Gasteiger partial charge < -0.3 is 5.11 Å². The van der Waals surface area contributed by atoms with Crippen LogP contribution in [0.25, 0.3) is 0 Å². The van der Waals surface area contributed by atoms with Crippen molar-refractivity contribution in [1.82, 2.24) is 0 Å². The maximum atomic E-state index is 11.5. The summed E-state index contributed by atoms with van der Waals surface area (Å²) < 4.78 is 0. The van der Waals surface area contributed by atoms with Crippen molar-refractivity contribution in [3.8, 4) is 0 Å². The zero-order valence-electron chi connectivity index (χ0n) is 9.11. The number of rotatable bonds is 5. The maximum absolute atomic E-state index is 11.5.